The lowest BCUT2D eigenvalue weighted by Crippen LogP contribution is -2.31. The van der Waals surface area contributed by atoms with Crippen LogP contribution < -0.4 is 11.2 Å². The van der Waals surface area contributed by atoms with E-state index in [-0.39, 0.29) is 27.7 Å². The number of halogens is 3. The summed E-state index contributed by atoms with van der Waals surface area (Å²) in [6, 6.07) is 2.34. The minimum atomic E-state index is -0.771. The van der Waals surface area contributed by atoms with Gasteiger partial charge in [-0.1, -0.05) is 23.2 Å². The second kappa shape index (κ2) is 5.83. The summed E-state index contributed by atoms with van der Waals surface area (Å²) in [5, 5.41) is -0.268. The molecule has 0 amide bonds. The van der Waals surface area contributed by atoms with E-state index in [1.54, 1.807) is 0 Å². The van der Waals surface area contributed by atoms with Gasteiger partial charge in [0.1, 0.15) is 10.8 Å². The maximum atomic E-state index is 13.3. The van der Waals surface area contributed by atoms with Crippen molar-refractivity contribution in [3.63, 3.8) is 0 Å². The highest BCUT2D eigenvalue weighted by molar-refractivity contribution is 6.34. The van der Waals surface area contributed by atoms with Crippen LogP contribution in [0.15, 0.2) is 27.9 Å². The molecule has 1 heterocycles. The molecule has 0 radical (unpaired) electrons. The number of aryl methyl sites for hydroxylation is 1. The van der Waals surface area contributed by atoms with E-state index in [4.69, 9.17) is 23.2 Å². The first-order valence-corrected chi connectivity index (χ1v) is 6.53. The number of rotatable bonds is 3. The first kappa shape index (κ1) is 15.5. The summed E-state index contributed by atoms with van der Waals surface area (Å²) in [7, 11) is 0. The molecule has 21 heavy (non-hydrogen) atoms. The monoisotopic (exact) mass is 330 g/mol. The molecule has 0 unspecified atom stereocenters. The normalized spacial score (nSPS) is 10.7. The molecular formula is C13H9Cl2FN2O3. The Bertz CT molecular complexity index is 842. The maximum absolute atomic E-state index is 13.3. The van der Waals surface area contributed by atoms with E-state index in [1.807, 2.05) is 4.98 Å². The first-order chi connectivity index (χ1) is 9.79. The van der Waals surface area contributed by atoms with Gasteiger partial charge >= 0.3 is 5.69 Å². The number of carbonyl (C=O) groups excluding carboxylic acids is 1. The Balaban J connectivity index is 2.39. The van der Waals surface area contributed by atoms with E-state index in [9.17, 15) is 18.8 Å². The van der Waals surface area contributed by atoms with Crippen LogP contribution >= 0.6 is 23.2 Å². The summed E-state index contributed by atoms with van der Waals surface area (Å²) in [5.74, 6) is -1.03. The van der Waals surface area contributed by atoms with E-state index in [0.29, 0.717) is 0 Å². The first-order valence-electron chi connectivity index (χ1n) is 5.77. The third-order valence-electron chi connectivity index (χ3n) is 2.83. The summed E-state index contributed by atoms with van der Waals surface area (Å²) >= 11 is 11.4. The summed E-state index contributed by atoms with van der Waals surface area (Å²) in [5.41, 5.74) is -1.16. The third kappa shape index (κ3) is 3.22. The topological polar surface area (TPSA) is 71.9 Å². The fraction of sp³-hybridized carbons (Fsp3) is 0.154. The van der Waals surface area contributed by atoms with E-state index in [2.05, 4.69) is 0 Å². The highest BCUT2D eigenvalue weighted by atomic mass is 35.5. The van der Waals surface area contributed by atoms with Crippen molar-refractivity contribution in [3.05, 3.63) is 66.2 Å². The van der Waals surface area contributed by atoms with Crippen molar-refractivity contribution in [2.45, 2.75) is 13.5 Å². The van der Waals surface area contributed by atoms with Crippen LogP contribution in [0.5, 0.6) is 0 Å². The van der Waals surface area contributed by atoms with Crippen LogP contribution in [0.2, 0.25) is 10.0 Å². The van der Waals surface area contributed by atoms with Crippen LogP contribution in [-0.4, -0.2) is 15.3 Å². The molecule has 0 saturated heterocycles. The molecular weight excluding hydrogens is 322 g/mol. The molecule has 0 atom stereocenters. The molecule has 0 bridgehead atoms. The third-order valence-corrected chi connectivity index (χ3v) is 3.41. The molecule has 2 aromatic rings. The Morgan fingerprint density at radius 1 is 1.29 bits per heavy atom. The van der Waals surface area contributed by atoms with Gasteiger partial charge in [0.15, 0.2) is 5.78 Å². The van der Waals surface area contributed by atoms with Crippen LogP contribution in [0.25, 0.3) is 0 Å². The number of nitrogens with one attached hydrogen (secondary N) is 1. The van der Waals surface area contributed by atoms with Gasteiger partial charge in [-0.3, -0.25) is 19.1 Å². The average molecular weight is 331 g/mol. The lowest BCUT2D eigenvalue weighted by Gasteiger charge is -2.08. The van der Waals surface area contributed by atoms with Crippen LogP contribution in [0.3, 0.4) is 0 Å². The number of benzene rings is 1. The van der Waals surface area contributed by atoms with Crippen molar-refractivity contribution in [2.24, 2.45) is 0 Å². The zero-order valence-electron chi connectivity index (χ0n) is 10.7. The summed E-state index contributed by atoms with van der Waals surface area (Å²) in [6.45, 7) is 1.12. The standard InChI is InChI=1S/C13H9Cl2FN2O3/c1-6-2-7(8(14)3-10(6)16)11(19)5-18-4-9(15)12(20)17-13(18)21/h2-4H,5H2,1H3,(H,17,20,21). The van der Waals surface area contributed by atoms with Crippen molar-refractivity contribution in [3.8, 4) is 0 Å². The number of aromatic nitrogens is 2. The number of H-pyrrole nitrogens is 1. The summed E-state index contributed by atoms with van der Waals surface area (Å²) in [6.07, 6.45) is 1.06. The molecule has 110 valence electrons. The van der Waals surface area contributed by atoms with Crippen molar-refractivity contribution < 1.29 is 9.18 Å². The molecule has 0 aliphatic carbocycles. The molecule has 0 aliphatic rings. The van der Waals surface area contributed by atoms with Gasteiger partial charge in [0.2, 0.25) is 0 Å². The van der Waals surface area contributed by atoms with Gasteiger partial charge in [-0.25, -0.2) is 9.18 Å². The lowest BCUT2D eigenvalue weighted by atomic mass is 10.1. The lowest BCUT2D eigenvalue weighted by molar-refractivity contribution is 0.0970. The zero-order valence-corrected chi connectivity index (χ0v) is 12.3. The zero-order chi connectivity index (χ0) is 15.7. The molecule has 0 aliphatic heterocycles. The van der Waals surface area contributed by atoms with Gasteiger partial charge in [0.25, 0.3) is 5.56 Å². The number of hydrogen-bond donors (Lipinski definition) is 1. The van der Waals surface area contributed by atoms with E-state index in [0.717, 1.165) is 16.8 Å². The summed E-state index contributed by atoms with van der Waals surface area (Å²) < 4.78 is 14.2. The van der Waals surface area contributed by atoms with Crippen molar-refractivity contribution in [2.75, 3.05) is 0 Å². The predicted octanol–water partition coefficient (Wildman–Crippen LogP) is 2.17. The number of ketones is 1. The van der Waals surface area contributed by atoms with Gasteiger partial charge < -0.3 is 0 Å². The molecule has 0 fully saturated rings. The fourth-order valence-corrected chi connectivity index (χ4v) is 2.13. The Kier molecular flexibility index (Phi) is 4.29. The molecule has 0 saturated carbocycles. The van der Waals surface area contributed by atoms with Gasteiger partial charge in [-0.2, -0.15) is 0 Å². The van der Waals surface area contributed by atoms with Gasteiger partial charge in [0, 0.05) is 11.8 Å². The van der Waals surface area contributed by atoms with E-state index >= 15 is 0 Å². The van der Waals surface area contributed by atoms with Crippen molar-refractivity contribution >= 4 is 29.0 Å². The molecule has 1 N–H and O–H groups in total. The minimum Gasteiger partial charge on any atom is -0.292 e. The van der Waals surface area contributed by atoms with Crippen molar-refractivity contribution in [1.29, 1.82) is 0 Å². The summed E-state index contributed by atoms with van der Waals surface area (Å²) in [4.78, 5) is 36.8. The van der Waals surface area contributed by atoms with E-state index < -0.39 is 22.8 Å². The number of hydrogen-bond acceptors (Lipinski definition) is 3. The maximum Gasteiger partial charge on any atom is 0.328 e. The minimum absolute atomic E-state index is 0.0494. The molecule has 1 aromatic heterocycles. The number of carbonyl (C=O) groups is 1. The van der Waals surface area contributed by atoms with Crippen molar-refractivity contribution in [1.82, 2.24) is 9.55 Å². The van der Waals surface area contributed by atoms with E-state index in [1.165, 1.54) is 13.0 Å². The largest absolute Gasteiger partial charge is 0.328 e. The molecule has 1 aromatic carbocycles. The Labute approximate surface area is 127 Å². The molecule has 8 heteroatoms. The Hall–Kier alpha value is -1.92. The highest BCUT2D eigenvalue weighted by Gasteiger charge is 2.15. The molecule has 2 rings (SSSR count). The number of nitrogens with zero attached hydrogens (tertiary/aromatic N) is 1. The Morgan fingerprint density at radius 2 is 1.95 bits per heavy atom. The smallest absolute Gasteiger partial charge is 0.292 e. The Morgan fingerprint density at radius 3 is 2.62 bits per heavy atom. The SMILES string of the molecule is Cc1cc(C(=O)Cn2cc(Cl)c(=O)[nH]c2=O)c(Cl)cc1F. The molecule has 0 spiro atoms. The highest BCUT2D eigenvalue weighted by Crippen LogP contribution is 2.21. The van der Waals surface area contributed by atoms with Gasteiger partial charge in [-0.05, 0) is 24.6 Å². The molecule has 5 nitrogen and oxygen atoms in total. The number of aromatic amines is 1. The second-order valence-corrected chi connectivity index (χ2v) is 5.18. The quantitative estimate of drug-likeness (QED) is 0.876. The van der Waals surface area contributed by atoms with Gasteiger partial charge in [0.05, 0.1) is 11.6 Å². The van der Waals surface area contributed by atoms with Crippen LogP contribution in [0.1, 0.15) is 15.9 Å². The average Bonchev–Trinajstić information content (AvgIpc) is 2.40. The van der Waals surface area contributed by atoms with Gasteiger partial charge in [-0.15, -0.1) is 0 Å². The number of Topliss-reactive ketones (excluding diaryl/α,β-unsaturated/α-hetero) is 1. The van der Waals surface area contributed by atoms with Crippen LogP contribution in [0, 0.1) is 12.7 Å². The second-order valence-electron chi connectivity index (χ2n) is 4.37. The fourth-order valence-electron chi connectivity index (χ4n) is 1.71. The predicted molar refractivity (Wildman–Crippen MR) is 76.8 cm³/mol. The van der Waals surface area contributed by atoms with Crippen LogP contribution in [0.4, 0.5) is 4.39 Å². The van der Waals surface area contributed by atoms with Crippen LogP contribution in [-0.2, 0) is 6.54 Å².